The first-order valence-corrected chi connectivity index (χ1v) is 4.60. The molecule has 0 aromatic carbocycles. The van der Waals surface area contributed by atoms with Crippen LogP contribution in [0, 0.1) is 6.92 Å². The van der Waals surface area contributed by atoms with Crippen molar-refractivity contribution in [2.45, 2.75) is 6.42 Å². The third-order valence-corrected chi connectivity index (χ3v) is 0.714. The summed E-state index contributed by atoms with van der Waals surface area (Å²) in [6.45, 7) is 11.8. The molecule has 114 valence electrons. The van der Waals surface area contributed by atoms with Gasteiger partial charge in [-0.15, -0.1) is 0 Å². The maximum absolute atomic E-state index is 9.31. The maximum atomic E-state index is 9.31. The van der Waals surface area contributed by atoms with Gasteiger partial charge in [-0.1, -0.05) is 26.2 Å². The van der Waals surface area contributed by atoms with Gasteiger partial charge in [-0.2, -0.15) is 0 Å². The van der Waals surface area contributed by atoms with Crippen molar-refractivity contribution in [3.05, 3.63) is 44.9 Å². The molecule has 0 atom stereocenters. The minimum Gasteiger partial charge on any atom is -0.545 e. The fraction of sp³-hybridized carbons (Fsp3) is 0.0833. The van der Waals surface area contributed by atoms with E-state index in [0.717, 1.165) is 18.2 Å². The van der Waals surface area contributed by atoms with Gasteiger partial charge in [0, 0.05) is 0 Å². The van der Waals surface area contributed by atoms with Gasteiger partial charge in [0.15, 0.2) is 0 Å². The normalized spacial score (nSPS) is 6.33. The molecule has 1 N–H and O–H groups in total. The predicted molar refractivity (Wildman–Crippen MR) is 63.2 cm³/mol. The maximum Gasteiger partial charge on any atom is 4.00 e. The molecule has 0 aliphatic heterocycles. The van der Waals surface area contributed by atoms with Crippen LogP contribution in [0.5, 0.6) is 0 Å². The van der Waals surface area contributed by atoms with E-state index in [1.54, 1.807) is 0 Å². The molecule has 8 nitrogen and oxygen atoms in total. The zero-order valence-electron chi connectivity index (χ0n) is 11.1. The number of carboxylic acids is 4. The van der Waals surface area contributed by atoms with E-state index in [2.05, 4.69) is 26.7 Å². The van der Waals surface area contributed by atoms with E-state index in [9.17, 15) is 4.79 Å². The molecule has 0 amide bonds. The van der Waals surface area contributed by atoms with Crippen LogP contribution in [0.3, 0.4) is 0 Å². The second-order valence-electron chi connectivity index (χ2n) is 2.21. The van der Waals surface area contributed by atoms with Gasteiger partial charge < -0.3 is 41.7 Å². The van der Waals surface area contributed by atoms with Gasteiger partial charge in [0.1, 0.15) is 0 Å². The number of carboxylic acid groups (broad SMARTS) is 4. The number of rotatable bonds is 4. The van der Waals surface area contributed by atoms with Crippen molar-refractivity contribution >= 4 is 23.9 Å². The molecule has 0 aromatic heterocycles. The van der Waals surface area contributed by atoms with Gasteiger partial charge in [0.05, 0.1) is 17.9 Å². The number of carbonyl (C=O) groups excluding carboxylic acids is 3. The summed E-state index contributed by atoms with van der Waals surface area (Å²) >= 11 is 0. The predicted octanol–water partition coefficient (Wildman–Crippen LogP) is -2.94. The van der Waals surface area contributed by atoms with E-state index < -0.39 is 23.9 Å². The summed E-state index contributed by atoms with van der Waals surface area (Å²) < 4.78 is 0. The standard InChI is InChI=1S/C3H5O2.3C3H4O2.Ti/c4*1-2-3(4)5;/h1-2H2,(H,4,5);3*2H,1H2,(H,4,5);/q-1;;;;+4/p-3. The van der Waals surface area contributed by atoms with Crippen LogP contribution in [0.2, 0.25) is 0 Å². The van der Waals surface area contributed by atoms with Gasteiger partial charge in [-0.3, -0.25) is 4.79 Å². The number of hydrogen-bond acceptors (Lipinski definition) is 7. The van der Waals surface area contributed by atoms with Crippen LogP contribution in [0.25, 0.3) is 0 Å². The smallest absolute Gasteiger partial charge is 0.545 e. The Kier molecular flexibility index (Phi) is 39.3. The molecule has 0 heterocycles. The van der Waals surface area contributed by atoms with Gasteiger partial charge in [-0.25, -0.2) is 0 Å². The Morgan fingerprint density at radius 2 is 0.952 bits per heavy atom. The monoisotopic (exact) mass is 334 g/mol. The zero-order chi connectivity index (χ0) is 17.1. The first-order chi connectivity index (χ1) is 9.08. The molecule has 0 radical (unpaired) electrons. The molecule has 0 unspecified atom stereocenters. The third kappa shape index (κ3) is 132. The quantitative estimate of drug-likeness (QED) is 0.325. The van der Waals surface area contributed by atoms with Crippen molar-refractivity contribution in [2.24, 2.45) is 0 Å². The molecule has 0 bridgehead atoms. The Morgan fingerprint density at radius 3 is 0.952 bits per heavy atom. The summed E-state index contributed by atoms with van der Waals surface area (Å²) in [5, 5.41) is 35.1. The fourth-order valence-electron chi connectivity index (χ4n) is 0. The molecule has 0 aromatic rings. The van der Waals surface area contributed by atoms with Gasteiger partial charge in [0.25, 0.3) is 5.97 Å². The van der Waals surface area contributed by atoms with E-state index in [0.29, 0.717) is 0 Å². The van der Waals surface area contributed by atoms with Gasteiger partial charge >= 0.3 is 21.7 Å². The summed E-state index contributed by atoms with van der Waals surface area (Å²) in [5.74, 6) is -4.55. The minimum atomic E-state index is -1.23. The SMILES string of the molecule is C=CC(=O)[O-].C=CC(=O)[O-].C=CC(=O)[O-].[CH2-]CC(=O)O.[Ti+4]. The second kappa shape index (κ2) is 26.4. The van der Waals surface area contributed by atoms with E-state index >= 15 is 0 Å². The topological polar surface area (TPSA) is 158 Å². The Labute approximate surface area is 137 Å². The number of carbonyl (C=O) groups is 4. The molecular formula is C12H14O8Ti. The minimum absolute atomic E-state index is 0. The number of aliphatic carboxylic acids is 4. The molecular weight excluding hydrogens is 320 g/mol. The molecule has 0 fully saturated rings. The Hall–Kier alpha value is -2.19. The number of hydrogen-bond donors (Lipinski definition) is 1. The third-order valence-electron chi connectivity index (χ3n) is 0.714. The van der Waals surface area contributed by atoms with E-state index in [1.165, 1.54) is 0 Å². The summed E-state index contributed by atoms with van der Waals surface area (Å²) in [5.41, 5.74) is 0. The van der Waals surface area contributed by atoms with E-state index in [-0.39, 0.29) is 28.1 Å². The summed E-state index contributed by atoms with van der Waals surface area (Å²) in [4.78, 5) is 36.7. The Bertz CT molecular complexity index is 306. The molecule has 0 spiro atoms. The first kappa shape index (κ1) is 31.3. The van der Waals surface area contributed by atoms with Crippen LogP contribution in [-0.2, 0) is 40.9 Å². The molecule has 9 heteroatoms. The van der Waals surface area contributed by atoms with Crippen LogP contribution >= 0.6 is 0 Å². The molecule has 0 aliphatic carbocycles. The second-order valence-corrected chi connectivity index (χ2v) is 2.21. The Balaban J connectivity index is -0.0000000533. The average molecular weight is 334 g/mol. The van der Waals surface area contributed by atoms with Crippen LogP contribution in [0.4, 0.5) is 0 Å². The van der Waals surface area contributed by atoms with Gasteiger partial charge in [0.2, 0.25) is 0 Å². The van der Waals surface area contributed by atoms with Crippen LogP contribution in [0.1, 0.15) is 6.42 Å². The van der Waals surface area contributed by atoms with Gasteiger partial charge in [-0.05, 0) is 18.2 Å². The van der Waals surface area contributed by atoms with Crippen molar-refractivity contribution in [1.82, 2.24) is 0 Å². The van der Waals surface area contributed by atoms with Crippen molar-refractivity contribution in [1.29, 1.82) is 0 Å². The van der Waals surface area contributed by atoms with Crippen LogP contribution < -0.4 is 15.3 Å². The van der Waals surface area contributed by atoms with E-state index in [4.69, 9.17) is 34.8 Å². The van der Waals surface area contributed by atoms with Crippen molar-refractivity contribution in [2.75, 3.05) is 0 Å². The summed E-state index contributed by atoms with van der Waals surface area (Å²) in [7, 11) is 0. The molecule has 21 heavy (non-hydrogen) atoms. The first-order valence-electron chi connectivity index (χ1n) is 4.60. The largest absolute Gasteiger partial charge is 4.00 e. The Morgan fingerprint density at radius 1 is 0.857 bits per heavy atom. The summed E-state index contributed by atoms with van der Waals surface area (Å²) in [6.07, 6.45) is 2.14. The van der Waals surface area contributed by atoms with Crippen molar-refractivity contribution in [3.63, 3.8) is 0 Å². The molecule has 0 saturated carbocycles. The fourth-order valence-corrected chi connectivity index (χ4v) is 0. The summed E-state index contributed by atoms with van der Waals surface area (Å²) in [6, 6.07) is 0. The average Bonchev–Trinajstić information content (AvgIpc) is 2.40. The molecule has 0 rings (SSSR count). The van der Waals surface area contributed by atoms with Crippen molar-refractivity contribution < 1.29 is 61.3 Å². The molecule has 0 aliphatic rings. The van der Waals surface area contributed by atoms with E-state index in [1.807, 2.05) is 0 Å². The van der Waals surface area contributed by atoms with Crippen LogP contribution in [-0.4, -0.2) is 29.0 Å². The zero-order valence-corrected chi connectivity index (χ0v) is 12.6. The van der Waals surface area contributed by atoms with Crippen molar-refractivity contribution in [3.8, 4) is 0 Å². The molecule has 0 saturated heterocycles. The van der Waals surface area contributed by atoms with Crippen LogP contribution in [0.15, 0.2) is 38.0 Å².